The molecule has 0 amide bonds. The molecule has 0 unspecified atom stereocenters. The van der Waals surface area contributed by atoms with E-state index in [4.69, 9.17) is 0 Å². The second-order valence-corrected chi connectivity index (χ2v) is 5.42. The van der Waals surface area contributed by atoms with Gasteiger partial charge in [-0.05, 0) is 24.2 Å². The minimum Gasteiger partial charge on any atom is -0.313 e. The molecule has 1 rings (SSSR count). The maximum atomic E-state index is 13.6. The Balaban J connectivity index is 2.89. The minimum absolute atomic E-state index is 0.121. The molecule has 0 saturated carbocycles. The van der Waals surface area contributed by atoms with Gasteiger partial charge in [0, 0.05) is 11.8 Å². The first-order valence-electron chi connectivity index (χ1n) is 5.39. The lowest BCUT2D eigenvalue weighted by Crippen LogP contribution is -2.12. The van der Waals surface area contributed by atoms with Gasteiger partial charge in [0.1, 0.15) is 11.6 Å². The molecular weight excluding hydrogens is 228 g/mol. The highest BCUT2D eigenvalue weighted by Gasteiger charge is 2.13. The summed E-state index contributed by atoms with van der Waals surface area (Å²) in [7, 11) is 0. The van der Waals surface area contributed by atoms with E-state index in [0.717, 1.165) is 6.54 Å². The van der Waals surface area contributed by atoms with Crippen LogP contribution < -0.4 is 5.32 Å². The summed E-state index contributed by atoms with van der Waals surface area (Å²) < 4.78 is 27.2. The van der Waals surface area contributed by atoms with E-state index in [0.29, 0.717) is 12.1 Å². The molecule has 0 atom stereocenters. The normalized spacial score (nSPS) is 11.1. The molecule has 1 aromatic carbocycles. The van der Waals surface area contributed by atoms with Crippen molar-refractivity contribution in [1.82, 2.24) is 5.32 Å². The van der Waals surface area contributed by atoms with Gasteiger partial charge in [-0.3, -0.25) is 0 Å². The molecular formula is C12H17F2NS. The van der Waals surface area contributed by atoms with Crippen LogP contribution in [0, 0.1) is 11.6 Å². The summed E-state index contributed by atoms with van der Waals surface area (Å²) in [5.41, 5.74) is 0.643. The third-order valence-electron chi connectivity index (χ3n) is 1.99. The van der Waals surface area contributed by atoms with Gasteiger partial charge in [0.2, 0.25) is 0 Å². The van der Waals surface area contributed by atoms with E-state index < -0.39 is 11.6 Å². The van der Waals surface area contributed by atoms with Crippen molar-refractivity contribution >= 4 is 11.8 Å². The van der Waals surface area contributed by atoms with E-state index >= 15 is 0 Å². The third-order valence-corrected chi connectivity index (χ3v) is 3.09. The Morgan fingerprint density at radius 2 is 1.81 bits per heavy atom. The van der Waals surface area contributed by atoms with Gasteiger partial charge < -0.3 is 5.32 Å². The fourth-order valence-corrected chi connectivity index (χ4v) is 2.15. The summed E-state index contributed by atoms with van der Waals surface area (Å²) in [5, 5.41) is 3.21. The van der Waals surface area contributed by atoms with Crippen molar-refractivity contribution in [2.75, 3.05) is 6.54 Å². The topological polar surface area (TPSA) is 12.0 Å². The van der Waals surface area contributed by atoms with Crippen LogP contribution in [0.25, 0.3) is 0 Å². The van der Waals surface area contributed by atoms with Crippen LogP contribution in [0.1, 0.15) is 26.3 Å². The van der Waals surface area contributed by atoms with E-state index in [1.165, 1.54) is 23.9 Å². The number of rotatable bonds is 5. The van der Waals surface area contributed by atoms with Gasteiger partial charge in [-0.2, -0.15) is 0 Å². The minimum atomic E-state index is -0.466. The fraction of sp³-hybridized carbons (Fsp3) is 0.500. The molecule has 4 heteroatoms. The largest absolute Gasteiger partial charge is 0.313 e. The molecule has 0 aromatic heterocycles. The Bertz CT molecular complexity index is 330. The monoisotopic (exact) mass is 245 g/mol. The molecule has 0 aliphatic carbocycles. The maximum Gasteiger partial charge on any atom is 0.140 e. The average Bonchev–Trinajstić information content (AvgIpc) is 2.20. The van der Waals surface area contributed by atoms with Gasteiger partial charge in [-0.1, -0.05) is 20.8 Å². The third kappa shape index (κ3) is 3.76. The molecule has 16 heavy (non-hydrogen) atoms. The zero-order valence-electron chi connectivity index (χ0n) is 9.81. The van der Waals surface area contributed by atoms with E-state index in [1.807, 2.05) is 20.8 Å². The van der Waals surface area contributed by atoms with Gasteiger partial charge >= 0.3 is 0 Å². The molecule has 0 heterocycles. The van der Waals surface area contributed by atoms with Crippen LogP contribution in [0.2, 0.25) is 0 Å². The SMILES string of the molecule is CCNCc1cc(F)c(SC(C)C)c(F)c1. The number of thioether (sulfide) groups is 1. The highest BCUT2D eigenvalue weighted by atomic mass is 32.2. The van der Waals surface area contributed by atoms with Crippen molar-refractivity contribution in [3.63, 3.8) is 0 Å². The molecule has 0 aliphatic rings. The average molecular weight is 245 g/mol. The predicted molar refractivity (Wildman–Crippen MR) is 64.7 cm³/mol. The van der Waals surface area contributed by atoms with E-state index in [-0.39, 0.29) is 10.1 Å². The number of halogens is 2. The molecule has 0 saturated heterocycles. The Kier molecular flexibility index (Phi) is 5.22. The first kappa shape index (κ1) is 13.5. The Hall–Kier alpha value is -0.610. The summed E-state index contributed by atoms with van der Waals surface area (Å²) in [6, 6.07) is 2.80. The van der Waals surface area contributed by atoms with Crippen molar-refractivity contribution < 1.29 is 8.78 Å². The highest BCUT2D eigenvalue weighted by Crippen LogP contribution is 2.29. The molecule has 0 bridgehead atoms. The standard InChI is InChI=1S/C12H17F2NS/c1-4-15-7-9-5-10(13)12(11(14)6-9)16-8(2)3/h5-6,8,15H,4,7H2,1-3H3. The summed E-state index contributed by atoms with van der Waals surface area (Å²) in [4.78, 5) is 0.121. The number of nitrogens with one attached hydrogen (secondary N) is 1. The van der Waals surface area contributed by atoms with Crippen LogP contribution in [0.5, 0.6) is 0 Å². The fourth-order valence-electron chi connectivity index (χ4n) is 1.33. The van der Waals surface area contributed by atoms with Gasteiger partial charge in [-0.25, -0.2) is 8.78 Å². The van der Waals surface area contributed by atoms with Gasteiger partial charge in [0.05, 0.1) is 4.90 Å². The van der Waals surface area contributed by atoms with Crippen molar-refractivity contribution in [3.05, 3.63) is 29.3 Å². The van der Waals surface area contributed by atoms with Crippen LogP contribution >= 0.6 is 11.8 Å². The van der Waals surface area contributed by atoms with Crippen LogP contribution in [0.3, 0.4) is 0 Å². The second kappa shape index (κ2) is 6.21. The van der Waals surface area contributed by atoms with E-state index in [2.05, 4.69) is 5.32 Å². The molecule has 90 valence electrons. The molecule has 0 fully saturated rings. The first-order valence-corrected chi connectivity index (χ1v) is 6.27. The maximum absolute atomic E-state index is 13.6. The number of hydrogen-bond acceptors (Lipinski definition) is 2. The Morgan fingerprint density at radius 3 is 2.25 bits per heavy atom. The first-order chi connectivity index (χ1) is 7.54. The Morgan fingerprint density at radius 1 is 1.25 bits per heavy atom. The van der Waals surface area contributed by atoms with Gasteiger partial charge in [0.25, 0.3) is 0 Å². The zero-order chi connectivity index (χ0) is 12.1. The van der Waals surface area contributed by atoms with Crippen LogP contribution in [-0.4, -0.2) is 11.8 Å². The molecule has 1 nitrogen and oxygen atoms in total. The summed E-state index contributed by atoms with van der Waals surface area (Å²) in [6.45, 7) is 7.06. The molecule has 1 aromatic rings. The van der Waals surface area contributed by atoms with Gasteiger partial charge in [-0.15, -0.1) is 11.8 Å². The molecule has 0 spiro atoms. The van der Waals surface area contributed by atoms with Crippen molar-refractivity contribution in [2.24, 2.45) is 0 Å². The number of benzene rings is 1. The number of hydrogen-bond donors (Lipinski definition) is 1. The van der Waals surface area contributed by atoms with Crippen molar-refractivity contribution in [2.45, 2.75) is 37.5 Å². The van der Waals surface area contributed by atoms with E-state index in [9.17, 15) is 8.78 Å². The molecule has 0 aliphatic heterocycles. The zero-order valence-corrected chi connectivity index (χ0v) is 10.6. The molecule has 0 radical (unpaired) electrons. The van der Waals surface area contributed by atoms with Gasteiger partial charge in [0.15, 0.2) is 0 Å². The summed E-state index contributed by atoms with van der Waals surface area (Å²) >= 11 is 1.21. The van der Waals surface area contributed by atoms with Crippen LogP contribution in [0.4, 0.5) is 8.78 Å². The summed E-state index contributed by atoms with van der Waals surface area (Å²) in [5.74, 6) is -0.932. The second-order valence-electron chi connectivity index (χ2n) is 3.84. The molecule has 1 N–H and O–H groups in total. The highest BCUT2D eigenvalue weighted by molar-refractivity contribution is 7.99. The predicted octanol–water partition coefficient (Wildman–Crippen LogP) is 3.57. The van der Waals surface area contributed by atoms with Crippen molar-refractivity contribution in [1.29, 1.82) is 0 Å². The van der Waals surface area contributed by atoms with E-state index in [1.54, 1.807) is 0 Å². The Labute approximate surface area is 99.6 Å². The van der Waals surface area contributed by atoms with Crippen LogP contribution in [0.15, 0.2) is 17.0 Å². The smallest absolute Gasteiger partial charge is 0.140 e. The van der Waals surface area contributed by atoms with Crippen molar-refractivity contribution in [3.8, 4) is 0 Å². The lowest BCUT2D eigenvalue weighted by molar-refractivity contribution is 0.534. The lowest BCUT2D eigenvalue weighted by atomic mass is 10.2. The quantitative estimate of drug-likeness (QED) is 0.796. The lowest BCUT2D eigenvalue weighted by Gasteiger charge is -2.10. The summed E-state index contributed by atoms with van der Waals surface area (Å²) in [6.07, 6.45) is 0. The van der Waals surface area contributed by atoms with Crippen LogP contribution in [-0.2, 0) is 6.54 Å².